The molecule has 2 amide bonds. The molecular formula is C22H25ClN2O4. The van der Waals surface area contributed by atoms with Gasteiger partial charge in [-0.1, -0.05) is 67.9 Å². The fourth-order valence-electron chi connectivity index (χ4n) is 2.64. The number of carbonyl (C=O) groups is 3. The van der Waals surface area contributed by atoms with E-state index >= 15 is 0 Å². The van der Waals surface area contributed by atoms with Crippen LogP contribution in [-0.4, -0.2) is 42.4 Å². The van der Waals surface area contributed by atoms with E-state index in [0.29, 0.717) is 11.6 Å². The number of benzene rings is 2. The minimum Gasteiger partial charge on any atom is -0.454 e. The van der Waals surface area contributed by atoms with E-state index in [4.69, 9.17) is 16.3 Å². The molecule has 2 aromatic carbocycles. The SMILES string of the molecule is CC(C)[C@H](NC(=O)c1ccccc1Cl)C(=O)OCC(=O)N(C)Cc1ccccc1. The summed E-state index contributed by atoms with van der Waals surface area (Å²) in [5.41, 5.74) is 1.24. The van der Waals surface area contributed by atoms with Gasteiger partial charge in [-0.25, -0.2) is 4.79 Å². The van der Waals surface area contributed by atoms with E-state index in [0.717, 1.165) is 5.56 Å². The summed E-state index contributed by atoms with van der Waals surface area (Å²) in [5, 5.41) is 2.93. The Balaban J connectivity index is 1.92. The van der Waals surface area contributed by atoms with E-state index in [1.165, 1.54) is 4.90 Å². The van der Waals surface area contributed by atoms with Crippen molar-refractivity contribution in [2.45, 2.75) is 26.4 Å². The van der Waals surface area contributed by atoms with Gasteiger partial charge in [0.25, 0.3) is 11.8 Å². The Bertz CT molecular complexity index is 855. The van der Waals surface area contributed by atoms with Gasteiger partial charge in [0.15, 0.2) is 6.61 Å². The molecule has 0 aromatic heterocycles. The zero-order valence-corrected chi connectivity index (χ0v) is 17.5. The van der Waals surface area contributed by atoms with Gasteiger partial charge in [0.05, 0.1) is 10.6 Å². The molecule has 1 N–H and O–H groups in total. The first kappa shape index (κ1) is 22.4. The van der Waals surface area contributed by atoms with Crippen LogP contribution in [0.25, 0.3) is 0 Å². The Labute approximate surface area is 175 Å². The second-order valence-electron chi connectivity index (χ2n) is 7.02. The molecule has 0 aliphatic rings. The maximum absolute atomic E-state index is 12.5. The number of amides is 2. The van der Waals surface area contributed by atoms with Crippen molar-refractivity contribution < 1.29 is 19.1 Å². The second-order valence-corrected chi connectivity index (χ2v) is 7.43. The lowest BCUT2D eigenvalue weighted by Crippen LogP contribution is -2.46. The number of hydrogen-bond donors (Lipinski definition) is 1. The highest BCUT2D eigenvalue weighted by molar-refractivity contribution is 6.33. The summed E-state index contributed by atoms with van der Waals surface area (Å²) < 4.78 is 5.18. The van der Waals surface area contributed by atoms with Crippen LogP contribution in [0.4, 0.5) is 0 Å². The molecule has 2 rings (SSSR count). The van der Waals surface area contributed by atoms with Crippen molar-refractivity contribution in [2.24, 2.45) is 5.92 Å². The number of likely N-dealkylation sites (N-methyl/N-ethyl adjacent to an activating group) is 1. The summed E-state index contributed by atoms with van der Waals surface area (Å²) in [6.45, 7) is 3.58. The molecular weight excluding hydrogens is 392 g/mol. The van der Waals surface area contributed by atoms with Crippen molar-refractivity contribution in [2.75, 3.05) is 13.7 Å². The number of halogens is 1. The number of rotatable bonds is 8. The van der Waals surface area contributed by atoms with Gasteiger partial charge in [0, 0.05) is 13.6 Å². The minimum atomic E-state index is -0.897. The number of nitrogens with zero attached hydrogens (tertiary/aromatic N) is 1. The highest BCUT2D eigenvalue weighted by Crippen LogP contribution is 2.16. The summed E-state index contributed by atoms with van der Waals surface area (Å²) in [5.74, 6) is -1.70. The normalized spacial score (nSPS) is 11.6. The lowest BCUT2D eigenvalue weighted by molar-refractivity contribution is -0.154. The molecule has 0 bridgehead atoms. The molecule has 0 saturated carbocycles. The van der Waals surface area contributed by atoms with Gasteiger partial charge in [0.1, 0.15) is 6.04 Å². The maximum atomic E-state index is 12.5. The van der Waals surface area contributed by atoms with Crippen LogP contribution >= 0.6 is 11.6 Å². The van der Waals surface area contributed by atoms with Crippen LogP contribution in [-0.2, 0) is 20.9 Å². The average molecular weight is 417 g/mol. The summed E-state index contributed by atoms with van der Waals surface area (Å²) >= 11 is 6.04. The maximum Gasteiger partial charge on any atom is 0.329 e. The average Bonchev–Trinajstić information content (AvgIpc) is 2.70. The second kappa shape index (κ2) is 10.6. The Morgan fingerprint density at radius 1 is 1.03 bits per heavy atom. The third kappa shape index (κ3) is 6.61. The zero-order chi connectivity index (χ0) is 21.4. The molecule has 0 fully saturated rings. The standard InChI is InChI=1S/C22H25ClN2O4/c1-15(2)20(24-21(27)17-11-7-8-12-18(17)23)22(28)29-14-19(26)25(3)13-16-9-5-4-6-10-16/h4-12,15,20H,13-14H2,1-3H3,(H,24,27)/t20-/m0/s1. The highest BCUT2D eigenvalue weighted by Gasteiger charge is 2.27. The number of esters is 1. The summed E-state index contributed by atoms with van der Waals surface area (Å²) in [6, 6.07) is 15.2. The van der Waals surface area contributed by atoms with Crippen molar-refractivity contribution in [3.63, 3.8) is 0 Å². The van der Waals surface area contributed by atoms with Crippen LogP contribution in [0.2, 0.25) is 5.02 Å². The predicted octanol–water partition coefficient (Wildman–Crippen LogP) is 3.30. The van der Waals surface area contributed by atoms with Crippen molar-refractivity contribution in [3.05, 3.63) is 70.7 Å². The van der Waals surface area contributed by atoms with Gasteiger partial charge in [-0.05, 0) is 23.6 Å². The van der Waals surface area contributed by atoms with Crippen molar-refractivity contribution in [3.8, 4) is 0 Å². The smallest absolute Gasteiger partial charge is 0.329 e. The molecule has 154 valence electrons. The van der Waals surface area contributed by atoms with E-state index in [9.17, 15) is 14.4 Å². The first-order valence-corrected chi connectivity index (χ1v) is 9.67. The van der Waals surface area contributed by atoms with Gasteiger partial charge >= 0.3 is 5.97 Å². The van der Waals surface area contributed by atoms with E-state index in [2.05, 4.69) is 5.32 Å². The zero-order valence-electron chi connectivity index (χ0n) is 16.7. The van der Waals surface area contributed by atoms with Crippen molar-refractivity contribution in [1.29, 1.82) is 0 Å². The summed E-state index contributed by atoms with van der Waals surface area (Å²) in [4.78, 5) is 38.7. The van der Waals surface area contributed by atoms with Crippen LogP contribution in [0.3, 0.4) is 0 Å². The molecule has 0 aliphatic carbocycles. The van der Waals surface area contributed by atoms with E-state index in [-0.39, 0.29) is 17.4 Å². The lowest BCUT2D eigenvalue weighted by Gasteiger charge is -2.22. The van der Waals surface area contributed by atoms with E-state index < -0.39 is 24.5 Å². The largest absolute Gasteiger partial charge is 0.454 e. The Morgan fingerprint density at radius 2 is 1.66 bits per heavy atom. The number of ether oxygens (including phenoxy) is 1. The minimum absolute atomic E-state index is 0.230. The Kier molecular flexibility index (Phi) is 8.21. The molecule has 29 heavy (non-hydrogen) atoms. The van der Waals surface area contributed by atoms with Gasteiger partial charge < -0.3 is 15.0 Å². The molecule has 6 nitrogen and oxygen atoms in total. The predicted molar refractivity (Wildman–Crippen MR) is 111 cm³/mol. The van der Waals surface area contributed by atoms with Crippen LogP contribution in [0.15, 0.2) is 54.6 Å². The molecule has 0 radical (unpaired) electrons. The molecule has 0 spiro atoms. The van der Waals surface area contributed by atoms with E-state index in [1.54, 1.807) is 45.2 Å². The Hall–Kier alpha value is -2.86. The highest BCUT2D eigenvalue weighted by atomic mass is 35.5. The topological polar surface area (TPSA) is 75.7 Å². The Morgan fingerprint density at radius 3 is 2.28 bits per heavy atom. The summed E-state index contributed by atoms with van der Waals surface area (Å²) in [7, 11) is 1.64. The first-order valence-electron chi connectivity index (χ1n) is 9.29. The molecule has 0 unspecified atom stereocenters. The number of hydrogen-bond acceptors (Lipinski definition) is 4. The third-order valence-corrected chi connectivity index (χ3v) is 4.68. The van der Waals surface area contributed by atoms with Crippen LogP contribution < -0.4 is 5.32 Å². The van der Waals surface area contributed by atoms with Crippen LogP contribution in [0.1, 0.15) is 29.8 Å². The molecule has 2 aromatic rings. The monoisotopic (exact) mass is 416 g/mol. The molecule has 0 aliphatic heterocycles. The van der Waals surface area contributed by atoms with Gasteiger partial charge in [-0.2, -0.15) is 0 Å². The first-order chi connectivity index (χ1) is 13.8. The van der Waals surface area contributed by atoms with Crippen molar-refractivity contribution in [1.82, 2.24) is 10.2 Å². The van der Waals surface area contributed by atoms with Gasteiger partial charge in [-0.3, -0.25) is 9.59 Å². The summed E-state index contributed by atoms with van der Waals surface area (Å²) in [6.07, 6.45) is 0. The fraction of sp³-hybridized carbons (Fsp3) is 0.318. The van der Waals surface area contributed by atoms with Crippen LogP contribution in [0.5, 0.6) is 0 Å². The van der Waals surface area contributed by atoms with Gasteiger partial charge in [0.2, 0.25) is 0 Å². The quantitative estimate of drug-likeness (QED) is 0.670. The van der Waals surface area contributed by atoms with E-state index in [1.807, 2.05) is 30.3 Å². The van der Waals surface area contributed by atoms with Gasteiger partial charge in [-0.15, -0.1) is 0 Å². The molecule has 0 heterocycles. The molecule has 1 atom stereocenters. The number of carbonyl (C=O) groups excluding carboxylic acids is 3. The molecule has 0 saturated heterocycles. The third-order valence-electron chi connectivity index (χ3n) is 4.35. The lowest BCUT2D eigenvalue weighted by atomic mass is 10.0. The molecule has 7 heteroatoms. The number of nitrogens with one attached hydrogen (secondary N) is 1. The van der Waals surface area contributed by atoms with Crippen LogP contribution in [0, 0.1) is 5.92 Å². The van der Waals surface area contributed by atoms with Crippen molar-refractivity contribution >= 4 is 29.4 Å². The fourth-order valence-corrected chi connectivity index (χ4v) is 2.86.